The number of hydrogen-bond donors (Lipinski definition) is 1. The van der Waals surface area contributed by atoms with Gasteiger partial charge in [-0.05, 0) is 17.5 Å². The van der Waals surface area contributed by atoms with E-state index >= 15 is 0 Å². The van der Waals surface area contributed by atoms with Gasteiger partial charge in [0.25, 0.3) is 5.72 Å². The summed E-state index contributed by atoms with van der Waals surface area (Å²) in [5.41, 5.74) is -1.24. The van der Waals surface area contributed by atoms with Crippen molar-refractivity contribution >= 4 is 11.7 Å². The van der Waals surface area contributed by atoms with Crippen LogP contribution in [0.25, 0.3) is 0 Å². The van der Waals surface area contributed by atoms with Crippen LogP contribution in [-0.4, -0.2) is 28.7 Å². The molecule has 2 aromatic rings. The fourth-order valence-corrected chi connectivity index (χ4v) is 4.11. The molecule has 0 saturated carbocycles. The molecule has 2 aromatic carbocycles. The number of carbonyl (C=O) groups excluding carboxylic acids is 2. The molecule has 0 bridgehead atoms. The van der Waals surface area contributed by atoms with Crippen LogP contribution in [0.1, 0.15) is 53.7 Å². The minimum absolute atomic E-state index is 0.267. The zero-order valence-electron chi connectivity index (χ0n) is 15.2. The molecule has 134 valence electrons. The predicted molar refractivity (Wildman–Crippen MR) is 96.0 cm³/mol. The molecule has 5 heteroatoms. The summed E-state index contributed by atoms with van der Waals surface area (Å²) in [6, 6.07) is 12.4. The number of ether oxygens (including phenoxy) is 1. The molecule has 1 heterocycles. The summed E-state index contributed by atoms with van der Waals surface area (Å²) in [4.78, 5) is 26.8. The van der Waals surface area contributed by atoms with Gasteiger partial charge in [-0.2, -0.15) is 0 Å². The zero-order chi connectivity index (χ0) is 18.9. The van der Waals surface area contributed by atoms with Crippen LogP contribution in [0, 0.1) is 0 Å². The van der Waals surface area contributed by atoms with Crippen molar-refractivity contribution in [3.63, 3.8) is 0 Å². The fourth-order valence-electron chi connectivity index (χ4n) is 4.11. The SMILES string of the molecule is CC(=O)N(C)C12Oc3cc(C(C)C)ccc3C1(O)C(=O)c1ccccc12. The van der Waals surface area contributed by atoms with Crippen molar-refractivity contribution in [1.29, 1.82) is 0 Å². The van der Waals surface area contributed by atoms with Gasteiger partial charge >= 0.3 is 0 Å². The first-order valence-electron chi connectivity index (χ1n) is 8.69. The van der Waals surface area contributed by atoms with Gasteiger partial charge in [-0.1, -0.05) is 50.2 Å². The Balaban J connectivity index is 2.04. The Morgan fingerprint density at radius 2 is 1.85 bits per heavy atom. The Morgan fingerprint density at radius 1 is 1.15 bits per heavy atom. The summed E-state index contributed by atoms with van der Waals surface area (Å²) in [6.45, 7) is 5.51. The number of Topliss-reactive ketones (excluding diaryl/α,β-unsaturated/α-hetero) is 1. The summed E-state index contributed by atoms with van der Waals surface area (Å²) >= 11 is 0. The number of ketones is 1. The predicted octanol–water partition coefficient (Wildman–Crippen LogP) is 2.92. The Morgan fingerprint density at radius 3 is 2.50 bits per heavy atom. The average molecular weight is 351 g/mol. The fraction of sp³-hybridized carbons (Fsp3) is 0.333. The number of aliphatic hydroxyl groups is 1. The highest BCUT2D eigenvalue weighted by atomic mass is 16.6. The molecule has 1 aliphatic carbocycles. The number of nitrogens with zero attached hydrogens (tertiary/aromatic N) is 1. The molecule has 2 atom stereocenters. The number of rotatable bonds is 2. The van der Waals surface area contributed by atoms with Crippen molar-refractivity contribution < 1.29 is 19.4 Å². The molecule has 26 heavy (non-hydrogen) atoms. The lowest BCUT2D eigenvalue weighted by Gasteiger charge is -2.41. The van der Waals surface area contributed by atoms with E-state index in [4.69, 9.17) is 4.74 Å². The number of amides is 1. The van der Waals surface area contributed by atoms with Crippen LogP contribution in [0.3, 0.4) is 0 Å². The van der Waals surface area contributed by atoms with Gasteiger partial charge in [0, 0.05) is 30.7 Å². The minimum Gasteiger partial charge on any atom is -0.459 e. The van der Waals surface area contributed by atoms with E-state index in [1.54, 1.807) is 37.4 Å². The standard InChI is InChI=1S/C21H21NO4/c1-12(2)14-9-10-17-18(11-14)26-21(22(4)13(3)23)16-8-6-5-7-15(16)19(24)20(17,21)25/h5-12,25H,1-4H3. The molecule has 2 unspecified atom stereocenters. The monoisotopic (exact) mass is 351 g/mol. The maximum Gasteiger partial charge on any atom is 0.252 e. The topological polar surface area (TPSA) is 66.8 Å². The van der Waals surface area contributed by atoms with Crippen LogP contribution in [0.5, 0.6) is 5.75 Å². The minimum atomic E-state index is -1.97. The second kappa shape index (κ2) is 5.17. The largest absolute Gasteiger partial charge is 0.459 e. The van der Waals surface area contributed by atoms with E-state index in [1.807, 2.05) is 12.1 Å². The molecule has 4 rings (SSSR count). The maximum absolute atomic E-state index is 13.2. The van der Waals surface area contributed by atoms with Crippen molar-refractivity contribution in [3.05, 3.63) is 64.7 Å². The van der Waals surface area contributed by atoms with Gasteiger partial charge < -0.3 is 14.7 Å². The van der Waals surface area contributed by atoms with Gasteiger partial charge in [0.05, 0.1) is 0 Å². The summed E-state index contributed by atoms with van der Waals surface area (Å²) in [7, 11) is 1.55. The molecule has 0 radical (unpaired) electrons. The Bertz CT molecular complexity index is 951. The van der Waals surface area contributed by atoms with Crippen molar-refractivity contribution in [2.45, 2.75) is 38.0 Å². The third-order valence-electron chi connectivity index (χ3n) is 5.62. The van der Waals surface area contributed by atoms with Crippen LogP contribution in [0.15, 0.2) is 42.5 Å². The smallest absolute Gasteiger partial charge is 0.252 e. The van der Waals surface area contributed by atoms with E-state index in [0.29, 0.717) is 22.4 Å². The third kappa shape index (κ3) is 1.73. The van der Waals surface area contributed by atoms with E-state index in [-0.39, 0.29) is 11.8 Å². The highest BCUT2D eigenvalue weighted by Crippen LogP contribution is 2.60. The van der Waals surface area contributed by atoms with E-state index < -0.39 is 17.1 Å². The Labute approximate surface area is 152 Å². The molecular formula is C21H21NO4. The summed E-state index contributed by atoms with van der Waals surface area (Å²) in [6.07, 6.45) is 0. The van der Waals surface area contributed by atoms with Crippen LogP contribution < -0.4 is 4.74 Å². The van der Waals surface area contributed by atoms with Gasteiger partial charge in [0.15, 0.2) is 0 Å². The first-order chi connectivity index (χ1) is 12.2. The molecule has 1 aliphatic heterocycles. The van der Waals surface area contributed by atoms with Crippen molar-refractivity contribution in [3.8, 4) is 5.75 Å². The quantitative estimate of drug-likeness (QED) is 0.903. The first kappa shape index (κ1) is 16.8. The normalized spacial score (nSPS) is 25.5. The lowest BCUT2D eigenvalue weighted by atomic mass is 9.83. The van der Waals surface area contributed by atoms with Crippen LogP contribution in [-0.2, 0) is 16.1 Å². The highest BCUT2D eigenvalue weighted by molar-refractivity contribution is 6.10. The van der Waals surface area contributed by atoms with E-state index in [9.17, 15) is 14.7 Å². The number of carbonyl (C=O) groups is 2. The van der Waals surface area contributed by atoms with Gasteiger partial charge in [0.2, 0.25) is 17.3 Å². The second-order valence-electron chi connectivity index (χ2n) is 7.32. The number of fused-ring (bicyclic) bond motifs is 5. The number of hydrogen-bond acceptors (Lipinski definition) is 4. The lowest BCUT2D eigenvalue weighted by molar-refractivity contribution is -0.183. The van der Waals surface area contributed by atoms with Gasteiger partial charge in [-0.25, -0.2) is 0 Å². The van der Waals surface area contributed by atoms with Crippen LogP contribution >= 0.6 is 0 Å². The zero-order valence-corrected chi connectivity index (χ0v) is 15.2. The van der Waals surface area contributed by atoms with Gasteiger partial charge in [-0.15, -0.1) is 0 Å². The summed E-state index contributed by atoms with van der Waals surface area (Å²) in [5, 5.41) is 11.7. The van der Waals surface area contributed by atoms with Crippen molar-refractivity contribution in [2.24, 2.45) is 0 Å². The van der Waals surface area contributed by atoms with E-state index in [1.165, 1.54) is 11.8 Å². The summed E-state index contributed by atoms with van der Waals surface area (Å²) in [5.74, 6) is -0.0415. The van der Waals surface area contributed by atoms with E-state index in [2.05, 4.69) is 13.8 Å². The maximum atomic E-state index is 13.2. The van der Waals surface area contributed by atoms with Gasteiger partial charge in [0.1, 0.15) is 5.75 Å². The highest BCUT2D eigenvalue weighted by Gasteiger charge is 2.73. The summed E-state index contributed by atoms with van der Waals surface area (Å²) < 4.78 is 6.27. The number of benzene rings is 2. The number of likely N-dealkylation sites (N-methyl/N-ethyl adjacent to an activating group) is 1. The molecule has 1 N–H and O–H groups in total. The van der Waals surface area contributed by atoms with Crippen LogP contribution in [0.4, 0.5) is 0 Å². The lowest BCUT2D eigenvalue weighted by Crippen LogP contribution is -2.59. The average Bonchev–Trinajstić information content (AvgIpc) is 2.99. The molecule has 5 nitrogen and oxygen atoms in total. The molecule has 0 fully saturated rings. The third-order valence-corrected chi connectivity index (χ3v) is 5.62. The van der Waals surface area contributed by atoms with Crippen LogP contribution in [0.2, 0.25) is 0 Å². The Kier molecular flexibility index (Phi) is 3.34. The first-order valence-corrected chi connectivity index (χ1v) is 8.69. The van der Waals surface area contributed by atoms with Crippen molar-refractivity contribution in [1.82, 2.24) is 4.90 Å². The molecule has 2 aliphatic rings. The molecular weight excluding hydrogens is 330 g/mol. The van der Waals surface area contributed by atoms with E-state index in [0.717, 1.165) is 5.56 Å². The molecule has 0 spiro atoms. The van der Waals surface area contributed by atoms with Crippen molar-refractivity contribution in [2.75, 3.05) is 7.05 Å². The molecule has 0 aromatic heterocycles. The second-order valence-corrected chi connectivity index (χ2v) is 7.32. The molecule has 0 saturated heterocycles. The van der Waals surface area contributed by atoms with Gasteiger partial charge in [-0.3, -0.25) is 9.59 Å². The molecule has 1 amide bonds. The Hall–Kier alpha value is -2.66.